The first-order valence-corrected chi connectivity index (χ1v) is 5.87. The van der Waals surface area contributed by atoms with E-state index in [1.54, 1.807) is 0 Å². The van der Waals surface area contributed by atoms with Crippen LogP contribution in [0, 0.1) is 15.9 Å². The highest BCUT2D eigenvalue weighted by molar-refractivity contribution is 5.83. The first-order chi connectivity index (χ1) is 8.66. The number of hydrogen-bond acceptors (Lipinski definition) is 4. The van der Waals surface area contributed by atoms with Gasteiger partial charge in [0.05, 0.1) is 23.4 Å². The monoisotopic (exact) mass is 251 g/mol. The Bertz CT molecular complexity index is 488. The van der Waals surface area contributed by atoms with E-state index >= 15 is 0 Å². The molecule has 1 aliphatic heterocycles. The quantitative estimate of drug-likeness (QED) is 0.643. The van der Waals surface area contributed by atoms with Gasteiger partial charge in [-0.3, -0.25) is 15.1 Å². The van der Waals surface area contributed by atoms with E-state index in [2.05, 4.69) is 10.3 Å². The molecule has 0 atom stereocenters. The molecule has 1 heterocycles. The summed E-state index contributed by atoms with van der Waals surface area (Å²) < 4.78 is 13.6. The first-order valence-electron chi connectivity index (χ1n) is 5.87. The van der Waals surface area contributed by atoms with Crippen molar-refractivity contribution < 1.29 is 9.31 Å². The van der Waals surface area contributed by atoms with Crippen LogP contribution < -0.4 is 5.32 Å². The van der Waals surface area contributed by atoms with Gasteiger partial charge in [-0.2, -0.15) is 0 Å². The average molecular weight is 251 g/mol. The molecule has 0 spiro atoms. The van der Waals surface area contributed by atoms with E-state index in [1.807, 2.05) is 0 Å². The Labute approximate surface area is 104 Å². The smallest absolute Gasteiger partial charge is 0.272 e. The predicted octanol–water partition coefficient (Wildman–Crippen LogP) is 2.06. The minimum Gasteiger partial charge on any atom is -0.372 e. The Kier molecular flexibility index (Phi) is 3.86. The van der Waals surface area contributed by atoms with Gasteiger partial charge in [-0.25, -0.2) is 4.39 Å². The van der Waals surface area contributed by atoms with Crippen molar-refractivity contribution in [2.24, 2.45) is 4.99 Å². The molecule has 5 nitrogen and oxygen atoms in total. The summed E-state index contributed by atoms with van der Waals surface area (Å²) in [5.74, 6) is 0.461. The third-order valence-corrected chi connectivity index (χ3v) is 2.85. The number of nitro groups is 1. The third kappa shape index (κ3) is 3.03. The number of non-ortho nitro benzene ring substituents is 1. The number of nitro benzene ring substituents is 1. The van der Waals surface area contributed by atoms with Crippen molar-refractivity contribution in [1.29, 1.82) is 0 Å². The molecule has 0 aromatic heterocycles. The molecule has 0 amide bonds. The largest absolute Gasteiger partial charge is 0.372 e. The van der Waals surface area contributed by atoms with Crippen molar-refractivity contribution in [2.75, 3.05) is 13.1 Å². The van der Waals surface area contributed by atoms with Crippen molar-refractivity contribution in [3.8, 4) is 0 Å². The number of benzene rings is 1. The second-order valence-corrected chi connectivity index (χ2v) is 4.14. The Morgan fingerprint density at radius 1 is 1.44 bits per heavy atom. The van der Waals surface area contributed by atoms with Crippen LogP contribution in [0.15, 0.2) is 23.2 Å². The predicted molar refractivity (Wildman–Crippen MR) is 66.3 cm³/mol. The number of nitrogens with one attached hydrogen (secondary N) is 1. The summed E-state index contributed by atoms with van der Waals surface area (Å²) in [6.07, 6.45) is 2.13. The molecule has 0 bridgehead atoms. The Morgan fingerprint density at radius 3 is 2.89 bits per heavy atom. The summed E-state index contributed by atoms with van der Waals surface area (Å²) in [6, 6.07) is 3.79. The van der Waals surface area contributed by atoms with Gasteiger partial charge in [-0.1, -0.05) is 0 Å². The molecule has 96 valence electrons. The second kappa shape index (κ2) is 5.57. The SMILES string of the molecule is O=[N+]([O-])c1ccc(CCCC2=NCCN2)c(F)c1. The lowest BCUT2D eigenvalue weighted by atomic mass is 10.1. The average Bonchev–Trinajstić information content (AvgIpc) is 2.84. The van der Waals surface area contributed by atoms with Gasteiger partial charge in [0.15, 0.2) is 0 Å². The maximum Gasteiger partial charge on any atom is 0.272 e. The summed E-state index contributed by atoms with van der Waals surface area (Å²) in [6.45, 7) is 1.68. The molecule has 0 saturated carbocycles. The molecule has 0 aliphatic carbocycles. The van der Waals surface area contributed by atoms with Crippen LogP contribution in [0.3, 0.4) is 0 Å². The summed E-state index contributed by atoms with van der Waals surface area (Å²) in [5.41, 5.74) is 0.303. The fourth-order valence-electron chi connectivity index (χ4n) is 1.91. The van der Waals surface area contributed by atoms with Gasteiger partial charge >= 0.3 is 0 Å². The van der Waals surface area contributed by atoms with E-state index in [1.165, 1.54) is 12.1 Å². The van der Waals surface area contributed by atoms with Crippen molar-refractivity contribution in [3.63, 3.8) is 0 Å². The molecule has 1 aromatic carbocycles. The minimum atomic E-state index is -0.593. The molecule has 1 aromatic rings. The molecule has 0 unspecified atom stereocenters. The van der Waals surface area contributed by atoms with Crippen LogP contribution in [0.4, 0.5) is 10.1 Å². The molecule has 2 rings (SSSR count). The minimum absolute atomic E-state index is 0.210. The summed E-state index contributed by atoms with van der Waals surface area (Å²) in [5, 5.41) is 13.6. The van der Waals surface area contributed by atoms with Crippen LogP contribution in [0.25, 0.3) is 0 Å². The van der Waals surface area contributed by atoms with Gasteiger partial charge in [-0.05, 0) is 24.5 Å². The van der Waals surface area contributed by atoms with Gasteiger partial charge < -0.3 is 5.32 Å². The van der Waals surface area contributed by atoms with Crippen LogP contribution >= 0.6 is 0 Å². The molecule has 0 saturated heterocycles. The number of aryl methyl sites for hydroxylation is 1. The number of nitrogens with zero attached hydrogens (tertiary/aromatic N) is 2. The molecule has 18 heavy (non-hydrogen) atoms. The normalized spacial score (nSPS) is 14.2. The van der Waals surface area contributed by atoms with Gasteiger partial charge in [0.25, 0.3) is 5.69 Å². The molecule has 0 fully saturated rings. The van der Waals surface area contributed by atoms with E-state index in [4.69, 9.17) is 0 Å². The van der Waals surface area contributed by atoms with E-state index < -0.39 is 10.7 Å². The summed E-state index contributed by atoms with van der Waals surface area (Å²) in [7, 11) is 0. The van der Waals surface area contributed by atoms with E-state index in [0.717, 1.165) is 37.8 Å². The zero-order chi connectivity index (χ0) is 13.0. The van der Waals surface area contributed by atoms with E-state index in [0.29, 0.717) is 12.0 Å². The van der Waals surface area contributed by atoms with E-state index in [9.17, 15) is 14.5 Å². The Balaban J connectivity index is 1.91. The lowest BCUT2D eigenvalue weighted by Crippen LogP contribution is -2.18. The number of halogens is 1. The maximum absolute atomic E-state index is 13.6. The highest BCUT2D eigenvalue weighted by Gasteiger charge is 2.11. The molecule has 1 aliphatic rings. The lowest BCUT2D eigenvalue weighted by Gasteiger charge is -2.04. The Morgan fingerprint density at radius 2 is 2.28 bits per heavy atom. The van der Waals surface area contributed by atoms with Crippen molar-refractivity contribution >= 4 is 11.5 Å². The number of hydrogen-bond donors (Lipinski definition) is 1. The van der Waals surface area contributed by atoms with Gasteiger partial charge in [-0.15, -0.1) is 0 Å². The number of rotatable bonds is 5. The fraction of sp³-hybridized carbons (Fsp3) is 0.417. The summed E-state index contributed by atoms with van der Waals surface area (Å²) in [4.78, 5) is 14.1. The highest BCUT2D eigenvalue weighted by Crippen LogP contribution is 2.18. The summed E-state index contributed by atoms with van der Waals surface area (Å²) >= 11 is 0. The van der Waals surface area contributed by atoms with Crippen LogP contribution in [0.5, 0.6) is 0 Å². The molecule has 1 N–H and O–H groups in total. The standard InChI is InChI=1S/C12H14FN3O2/c13-11-8-10(16(17)18)5-4-9(11)2-1-3-12-14-6-7-15-12/h4-5,8H,1-3,6-7H2,(H,14,15). The van der Waals surface area contributed by atoms with Gasteiger partial charge in [0.1, 0.15) is 5.82 Å². The molecule has 6 heteroatoms. The van der Waals surface area contributed by atoms with Crippen LogP contribution in [0.2, 0.25) is 0 Å². The zero-order valence-electron chi connectivity index (χ0n) is 9.86. The van der Waals surface area contributed by atoms with Gasteiger partial charge in [0.2, 0.25) is 0 Å². The van der Waals surface area contributed by atoms with Crippen molar-refractivity contribution in [2.45, 2.75) is 19.3 Å². The van der Waals surface area contributed by atoms with Crippen LogP contribution in [-0.2, 0) is 6.42 Å². The van der Waals surface area contributed by atoms with Crippen LogP contribution in [-0.4, -0.2) is 23.8 Å². The van der Waals surface area contributed by atoms with Crippen molar-refractivity contribution in [1.82, 2.24) is 5.32 Å². The topological polar surface area (TPSA) is 67.5 Å². The Hall–Kier alpha value is -1.98. The lowest BCUT2D eigenvalue weighted by molar-refractivity contribution is -0.385. The first kappa shape index (κ1) is 12.5. The number of aliphatic imine (C=N–C) groups is 1. The fourth-order valence-corrected chi connectivity index (χ4v) is 1.91. The molecular formula is C12H14FN3O2. The number of amidine groups is 1. The maximum atomic E-state index is 13.6. The van der Waals surface area contributed by atoms with Gasteiger partial charge in [0, 0.05) is 19.0 Å². The van der Waals surface area contributed by atoms with Crippen LogP contribution in [0.1, 0.15) is 18.4 Å². The highest BCUT2D eigenvalue weighted by atomic mass is 19.1. The van der Waals surface area contributed by atoms with E-state index in [-0.39, 0.29) is 5.69 Å². The van der Waals surface area contributed by atoms with Crippen molar-refractivity contribution in [3.05, 3.63) is 39.7 Å². The second-order valence-electron chi connectivity index (χ2n) is 4.14. The third-order valence-electron chi connectivity index (χ3n) is 2.85. The molecule has 0 radical (unpaired) electrons. The zero-order valence-corrected chi connectivity index (χ0v) is 9.86. The molecular weight excluding hydrogens is 237 g/mol.